The highest BCUT2D eigenvalue weighted by molar-refractivity contribution is 4.51. The van der Waals surface area contributed by atoms with Crippen LogP contribution >= 0.6 is 0 Å². The van der Waals surface area contributed by atoms with Gasteiger partial charge in [-0.25, -0.2) is 4.84 Å². The lowest BCUT2D eigenvalue weighted by molar-refractivity contribution is -1.07. The van der Waals surface area contributed by atoms with Gasteiger partial charge in [0.05, 0.1) is 21.1 Å². The highest BCUT2D eigenvalue weighted by Crippen LogP contribution is 2.13. The van der Waals surface area contributed by atoms with Gasteiger partial charge in [0.2, 0.25) is 0 Å². The molecular weight excluding hydrogens is 234 g/mol. The minimum Gasteiger partial charge on any atom is -0.201 e. The van der Waals surface area contributed by atoms with Gasteiger partial charge in [0, 0.05) is 0 Å². The lowest BCUT2D eigenvalue weighted by Crippen LogP contribution is -2.37. The largest absolute Gasteiger partial charge is 0.201 e. The molecule has 0 radical (unpaired) electrons. The summed E-state index contributed by atoms with van der Waals surface area (Å²) in [5, 5.41) is 0. The van der Waals surface area contributed by atoms with Crippen LogP contribution in [0.25, 0.3) is 0 Å². The number of hydrogen-bond donors (Lipinski definition) is 0. The third kappa shape index (κ3) is 15.9. The summed E-state index contributed by atoms with van der Waals surface area (Å²) in [6.07, 6.45) is 15.7. The Hall–Kier alpha value is -0.0800. The average Bonchev–Trinajstić information content (AvgIpc) is 2.29. The third-order valence-electron chi connectivity index (χ3n) is 3.46. The average molecular weight is 272 g/mol. The number of hydrogen-bond acceptors (Lipinski definition) is 1. The molecule has 0 fully saturated rings. The van der Waals surface area contributed by atoms with E-state index in [1.165, 1.54) is 70.6 Å². The van der Waals surface area contributed by atoms with Crippen LogP contribution < -0.4 is 0 Å². The number of hydroxylamine groups is 3. The molecule has 116 valence electrons. The van der Waals surface area contributed by atoms with Gasteiger partial charge >= 0.3 is 0 Å². The molecule has 0 aromatic rings. The van der Waals surface area contributed by atoms with Crippen molar-refractivity contribution in [1.29, 1.82) is 0 Å². The second kappa shape index (κ2) is 11.7. The van der Waals surface area contributed by atoms with Gasteiger partial charge in [-0.05, 0) is 13.3 Å². The maximum Gasteiger partial charge on any atom is 0.114 e. The summed E-state index contributed by atoms with van der Waals surface area (Å²) in [5.74, 6) is 0. The van der Waals surface area contributed by atoms with Gasteiger partial charge in [0.15, 0.2) is 0 Å². The van der Waals surface area contributed by atoms with Crippen LogP contribution in [-0.4, -0.2) is 31.9 Å². The highest BCUT2D eigenvalue weighted by atomic mass is 16.7. The quantitative estimate of drug-likeness (QED) is 0.250. The van der Waals surface area contributed by atoms with E-state index >= 15 is 0 Å². The lowest BCUT2D eigenvalue weighted by Gasteiger charge is -2.25. The van der Waals surface area contributed by atoms with E-state index in [2.05, 4.69) is 35.0 Å². The van der Waals surface area contributed by atoms with Gasteiger partial charge in [-0.15, -0.1) is 0 Å². The summed E-state index contributed by atoms with van der Waals surface area (Å²) in [6.45, 7) is 4.47. The first-order chi connectivity index (χ1) is 8.95. The van der Waals surface area contributed by atoms with Crippen LogP contribution in [0.4, 0.5) is 0 Å². The van der Waals surface area contributed by atoms with Crippen molar-refractivity contribution in [3.8, 4) is 0 Å². The zero-order valence-corrected chi connectivity index (χ0v) is 14.2. The first kappa shape index (κ1) is 18.9. The standard InChI is InChI=1S/C17H38NO/c1-6-7-8-9-10-11-12-13-14-15-16-17(2)19-18(3,4)5/h17H,6-16H2,1-5H3/q+1. The van der Waals surface area contributed by atoms with E-state index in [-0.39, 0.29) is 0 Å². The van der Waals surface area contributed by atoms with Crippen LogP contribution in [0.1, 0.15) is 84.5 Å². The van der Waals surface area contributed by atoms with Gasteiger partial charge in [0.1, 0.15) is 6.10 Å². The molecule has 0 amide bonds. The molecule has 0 bridgehead atoms. The molecule has 19 heavy (non-hydrogen) atoms. The van der Waals surface area contributed by atoms with Crippen molar-refractivity contribution in [2.24, 2.45) is 0 Å². The van der Waals surface area contributed by atoms with Crippen molar-refractivity contribution in [3.05, 3.63) is 0 Å². The number of rotatable bonds is 13. The molecule has 0 aromatic heterocycles. The van der Waals surface area contributed by atoms with E-state index in [0.717, 1.165) is 0 Å². The Morgan fingerprint density at radius 1 is 0.737 bits per heavy atom. The molecule has 0 aromatic carbocycles. The van der Waals surface area contributed by atoms with Crippen molar-refractivity contribution in [1.82, 2.24) is 0 Å². The summed E-state index contributed by atoms with van der Waals surface area (Å²) in [4.78, 5) is 5.86. The summed E-state index contributed by atoms with van der Waals surface area (Å²) < 4.78 is 0.610. The van der Waals surface area contributed by atoms with Crippen molar-refractivity contribution in [2.75, 3.05) is 21.1 Å². The van der Waals surface area contributed by atoms with E-state index < -0.39 is 0 Å². The SMILES string of the molecule is CCCCCCCCCCCCC(C)O[N+](C)(C)C. The molecule has 0 aliphatic rings. The molecule has 1 unspecified atom stereocenters. The van der Waals surface area contributed by atoms with Gasteiger partial charge in [-0.2, -0.15) is 4.65 Å². The summed E-state index contributed by atoms with van der Waals surface area (Å²) in [5.41, 5.74) is 0. The molecule has 1 atom stereocenters. The van der Waals surface area contributed by atoms with Crippen molar-refractivity contribution >= 4 is 0 Å². The van der Waals surface area contributed by atoms with Crippen molar-refractivity contribution in [3.63, 3.8) is 0 Å². The second-order valence-corrected chi connectivity index (χ2v) is 6.78. The first-order valence-electron chi connectivity index (χ1n) is 8.45. The Labute approximate surface area is 122 Å². The second-order valence-electron chi connectivity index (χ2n) is 6.78. The molecule has 0 heterocycles. The fourth-order valence-electron chi connectivity index (χ4n) is 2.51. The van der Waals surface area contributed by atoms with Gasteiger partial charge < -0.3 is 0 Å². The predicted molar refractivity (Wildman–Crippen MR) is 85.0 cm³/mol. The molecule has 0 spiro atoms. The smallest absolute Gasteiger partial charge is 0.114 e. The van der Waals surface area contributed by atoms with E-state index in [4.69, 9.17) is 4.84 Å². The molecule has 0 saturated carbocycles. The van der Waals surface area contributed by atoms with E-state index in [1.807, 2.05) is 0 Å². The molecule has 0 saturated heterocycles. The lowest BCUT2D eigenvalue weighted by atomic mass is 10.1. The molecule has 0 rings (SSSR count). The topological polar surface area (TPSA) is 9.23 Å². The fourth-order valence-corrected chi connectivity index (χ4v) is 2.51. The maximum absolute atomic E-state index is 5.86. The Morgan fingerprint density at radius 2 is 1.16 bits per heavy atom. The maximum atomic E-state index is 5.86. The highest BCUT2D eigenvalue weighted by Gasteiger charge is 2.14. The van der Waals surface area contributed by atoms with Crippen LogP contribution in [0, 0.1) is 0 Å². The Kier molecular flexibility index (Phi) is 11.7. The zero-order valence-electron chi connectivity index (χ0n) is 14.2. The monoisotopic (exact) mass is 272 g/mol. The Bertz CT molecular complexity index is 186. The van der Waals surface area contributed by atoms with Gasteiger partial charge in [-0.1, -0.05) is 71.1 Å². The van der Waals surface area contributed by atoms with E-state index in [9.17, 15) is 0 Å². The van der Waals surface area contributed by atoms with Crippen LogP contribution in [0.15, 0.2) is 0 Å². The van der Waals surface area contributed by atoms with Crippen molar-refractivity contribution < 1.29 is 9.48 Å². The van der Waals surface area contributed by atoms with E-state index in [1.54, 1.807) is 0 Å². The summed E-state index contributed by atoms with van der Waals surface area (Å²) >= 11 is 0. The summed E-state index contributed by atoms with van der Waals surface area (Å²) in [7, 11) is 6.24. The van der Waals surface area contributed by atoms with E-state index in [0.29, 0.717) is 10.8 Å². The van der Waals surface area contributed by atoms with Crippen LogP contribution in [0.5, 0.6) is 0 Å². The van der Waals surface area contributed by atoms with Crippen LogP contribution in [-0.2, 0) is 4.84 Å². The fraction of sp³-hybridized carbons (Fsp3) is 1.00. The number of unbranched alkanes of at least 4 members (excludes halogenated alkanes) is 9. The van der Waals surface area contributed by atoms with Crippen molar-refractivity contribution in [2.45, 2.75) is 90.6 Å². The number of quaternary nitrogens is 1. The minimum absolute atomic E-state index is 0.383. The van der Waals surface area contributed by atoms with Crippen LogP contribution in [0.2, 0.25) is 0 Å². The first-order valence-corrected chi connectivity index (χ1v) is 8.45. The molecule has 2 heteroatoms. The Morgan fingerprint density at radius 3 is 1.58 bits per heavy atom. The molecule has 0 aliphatic carbocycles. The normalized spacial score (nSPS) is 13.7. The van der Waals surface area contributed by atoms with Gasteiger partial charge in [-0.3, -0.25) is 0 Å². The summed E-state index contributed by atoms with van der Waals surface area (Å²) in [6, 6.07) is 0. The zero-order chi connectivity index (χ0) is 14.6. The molecular formula is C17H38NO+. The molecule has 0 N–H and O–H groups in total. The Balaban J connectivity index is 3.18. The predicted octanol–water partition coefficient (Wildman–Crippen LogP) is 5.32. The molecule has 2 nitrogen and oxygen atoms in total. The third-order valence-corrected chi connectivity index (χ3v) is 3.46. The minimum atomic E-state index is 0.383. The number of nitrogens with zero attached hydrogens (tertiary/aromatic N) is 1. The van der Waals surface area contributed by atoms with Crippen LogP contribution in [0.3, 0.4) is 0 Å². The van der Waals surface area contributed by atoms with Gasteiger partial charge in [0.25, 0.3) is 0 Å². The molecule has 0 aliphatic heterocycles.